The molecule has 1 fully saturated rings. The van der Waals surface area contributed by atoms with Crippen LogP contribution >= 0.6 is 11.6 Å². The number of ether oxygens (including phenoxy) is 2. The van der Waals surface area contributed by atoms with Crippen LogP contribution in [0.1, 0.15) is 11.6 Å². The van der Waals surface area contributed by atoms with Gasteiger partial charge >= 0.3 is 12.0 Å². The number of carbonyl (C=O) groups excluding carboxylic acids is 2. The molecule has 2 amide bonds. The van der Waals surface area contributed by atoms with Crippen molar-refractivity contribution < 1.29 is 23.5 Å². The smallest absolute Gasteiger partial charge is 0.319 e. The highest BCUT2D eigenvalue weighted by atomic mass is 35.5. The molecule has 6 nitrogen and oxygen atoms in total. The van der Waals surface area contributed by atoms with Crippen LogP contribution in [0.25, 0.3) is 0 Å². The van der Waals surface area contributed by atoms with Gasteiger partial charge in [-0.25, -0.2) is 9.18 Å². The van der Waals surface area contributed by atoms with E-state index in [0.717, 1.165) is 0 Å². The second-order valence-electron chi connectivity index (χ2n) is 4.87. The second kappa shape index (κ2) is 7.43. The van der Waals surface area contributed by atoms with E-state index in [-0.39, 0.29) is 29.5 Å². The minimum Gasteiger partial charge on any atom is -0.463 e. The summed E-state index contributed by atoms with van der Waals surface area (Å²) in [7, 11) is 1.47. The van der Waals surface area contributed by atoms with E-state index in [1.165, 1.54) is 25.3 Å². The molecule has 1 heterocycles. The molecule has 0 aromatic heterocycles. The molecule has 0 spiro atoms. The third-order valence-electron chi connectivity index (χ3n) is 3.37. The van der Waals surface area contributed by atoms with Crippen molar-refractivity contribution in [3.05, 3.63) is 46.9 Å². The first kappa shape index (κ1) is 17.2. The van der Waals surface area contributed by atoms with Gasteiger partial charge in [0.25, 0.3) is 0 Å². The number of halogens is 2. The van der Waals surface area contributed by atoms with Crippen LogP contribution in [0.15, 0.2) is 30.5 Å². The largest absolute Gasteiger partial charge is 0.463 e. The molecule has 124 valence electrons. The van der Waals surface area contributed by atoms with E-state index in [9.17, 15) is 14.0 Å². The zero-order valence-electron chi connectivity index (χ0n) is 12.4. The summed E-state index contributed by atoms with van der Waals surface area (Å²) in [6.45, 7) is 3.91. The molecule has 0 unspecified atom stereocenters. The Morgan fingerprint density at radius 1 is 1.43 bits per heavy atom. The van der Waals surface area contributed by atoms with Gasteiger partial charge in [0.05, 0.1) is 12.6 Å². The molecule has 0 radical (unpaired) electrons. The van der Waals surface area contributed by atoms with Crippen LogP contribution in [0.2, 0.25) is 5.02 Å². The van der Waals surface area contributed by atoms with E-state index in [1.54, 1.807) is 0 Å². The average Bonchev–Trinajstić information content (AvgIpc) is 2.46. The SMILES string of the molecule is C=C1NC(=O)N[C@@H](c2c(F)cccc2Cl)[C@@H]1C(=O)OCCOC. The molecule has 2 atom stereocenters. The number of methoxy groups -OCH3 is 1. The number of nitrogens with one attached hydrogen (secondary N) is 2. The summed E-state index contributed by atoms with van der Waals surface area (Å²) in [4.78, 5) is 24.0. The predicted molar refractivity (Wildman–Crippen MR) is 81.3 cm³/mol. The van der Waals surface area contributed by atoms with Crippen LogP contribution in [0, 0.1) is 11.7 Å². The van der Waals surface area contributed by atoms with Gasteiger partial charge in [-0.15, -0.1) is 0 Å². The number of carbonyl (C=O) groups is 2. The van der Waals surface area contributed by atoms with Crippen LogP contribution in [-0.4, -0.2) is 32.3 Å². The summed E-state index contributed by atoms with van der Waals surface area (Å²) in [6.07, 6.45) is 0. The summed E-state index contributed by atoms with van der Waals surface area (Å²) in [5, 5.41) is 4.99. The lowest BCUT2D eigenvalue weighted by Gasteiger charge is -2.33. The van der Waals surface area contributed by atoms with Crippen LogP contribution < -0.4 is 10.6 Å². The lowest BCUT2D eigenvalue weighted by atomic mass is 9.88. The van der Waals surface area contributed by atoms with Gasteiger partial charge < -0.3 is 20.1 Å². The van der Waals surface area contributed by atoms with Gasteiger partial charge in [0.2, 0.25) is 0 Å². The third-order valence-corrected chi connectivity index (χ3v) is 3.70. The first-order valence-corrected chi connectivity index (χ1v) is 7.19. The van der Waals surface area contributed by atoms with Gasteiger partial charge in [0.1, 0.15) is 18.3 Å². The Labute approximate surface area is 137 Å². The molecule has 2 N–H and O–H groups in total. The molecule has 23 heavy (non-hydrogen) atoms. The fourth-order valence-electron chi connectivity index (χ4n) is 2.33. The highest BCUT2D eigenvalue weighted by Gasteiger charge is 2.41. The molecule has 1 aromatic rings. The number of rotatable bonds is 5. The van der Waals surface area contributed by atoms with Gasteiger partial charge in [0.15, 0.2) is 0 Å². The fourth-order valence-corrected chi connectivity index (χ4v) is 2.61. The second-order valence-corrected chi connectivity index (χ2v) is 5.28. The van der Waals surface area contributed by atoms with Crippen molar-refractivity contribution in [1.29, 1.82) is 0 Å². The molecule has 1 saturated heterocycles. The van der Waals surface area contributed by atoms with Crippen molar-refractivity contribution in [3.63, 3.8) is 0 Å². The number of amides is 2. The van der Waals surface area contributed by atoms with E-state index < -0.39 is 29.8 Å². The summed E-state index contributed by atoms with van der Waals surface area (Å²) < 4.78 is 24.1. The molecule has 0 saturated carbocycles. The van der Waals surface area contributed by atoms with E-state index in [4.69, 9.17) is 21.1 Å². The Balaban J connectivity index is 2.34. The lowest BCUT2D eigenvalue weighted by molar-refractivity contribution is -0.149. The van der Waals surface area contributed by atoms with Gasteiger partial charge in [-0.3, -0.25) is 4.79 Å². The topological polar surface area (TPSA) is 76.7 Å². The van der Waals surface area contributed by atoms with Crippen molar-refractivity contribution in [2.75, 3.05) is 20.3 Å². The summed E-state index contributed by atoms with van der Waals surface area (Å²) in [5.41, 5.74) is 0.124. The molecule has 0 bridgehead atoms. The maximum absolute atomic E-state index is 14.2. The van der Waals surface area contributed by atoms with E-state index >= 15 is 0 Å². The quantitative estimate of drug-likeness (QED) is 0.635. The molecule has 0 aliphatic carbocycles. The zero-order valence-corrected chi connectivity index (χ0v) is 13.2. The number of hydrogen-bond acceptors (Lipinski definition) is 4. The highest BCUT2D eigenvalue weighted by molar-refractivity contribution is 6.31. The summed E-state index contributed by atoms with van der Waals surface area (Å²) in [6, 6.07) is 2.50. The Morgan fingerprint density at radius 3 is 2.83 bits per heavy atom. The highest BCUT2D eigenvalue weighted by Crippen LogP contribution is 2.35. The molecule has 1 aromatic carbocycles. The van der Waals surface area contributed by atoms with Crippen molar-refractivity contribution in [3.8, 4) is 0 Å². The average molecular weight is 343 g/mol. The molecule has 8 heteroatoms. The monoisotopic (exact) mass is 342 g/mol. The van der Waals surface area contributed by atoms with E-state index in [2.05, 4.69) is 17.2 Å². The van der Waals surface area contributed by atoms with Crippen LogP contribution in [0.4, 0.5) is 9.18 Å². The number of urea groups is 1. The Morgan fingerprint density at radius 2 is 2.17 bits per heavy atom. The van der Waals surface area contributed by atoms with Crippen molar-refractivity contribution in [1.82, 2.24) is 10.6 Å². The molecule has 1 aliphatic rings. The Kier molecular flexibility index (Phi) is 5.57. The summed E-state index contributed by atoms with van der Waals surface area (Å²) >= 11 is 6.04. The van der Waals surface area contributed by atoms with E-state index in [1.807, 2.05) is 0 Å². The standard InChI is InChI=1S/C15H16ClFN2O4/c1-8-11(14(20)23-7-6-22-2)13(19-15(21)18-8)12-9(16)4-3-5-10(12)17/h3-5,11,13H,1,6-7H2,2H3,(H2,18,19,21)/t11-,13-/m1/s1. The van der Waals surface area contributed by atoms with Crippen LogP contribution in [0.5, 0.6) is 0 Å². The minimum absolute atomic E-state index is 0.0128. The minimum atomic E-state index is -1.01. The lowest BCUT2D eigenvalue weighted by Crippen LogP contribution is -2.51. The van der Waals surface area contributed by atoms with Gasteiger partial charge in [-0.1, -0.05) is 24.2 Å². The van der Waals surface area contributed by atoms with Gasteiger partial charge in [-0.05, 0) is 12.1 Å². The number of benzene rings is 1. The molecule has 1 aliphatic heterocycles. The first-order valence-electron chi connectivity index (χ1n) is 6.81. The maximum Gasteiger partial charge on any atom is 0.319 e. The van der Waals surface area contributed by atoms with Gasteiger partial charge in [0, 0.05) is 23.4 Å². The predicted octanol–water partition coefficient (Wildman–Crippen LogP) is 2.15. The third kappa shape index (κ3) is 3.80. The molecular formula is C15H16ClFN2O4. The van der Waals surface area contributed by atoms with E-state index in [0.29, 0.717) is 0 Å². The first-order chi connectivity index (χ1) is 11.0. The molecule has 2 rings (SSSR count). The zero-order chi connectivity index (χ0) is 17.0. The normalized spacial score (nSPS) is 20.7. The van der Waals surface area contributed by atoms with Crippen molar-refractivity contribution in [2.45, 2.75) is 6.04 Å². The van der Waals surface area contributed by atoms with Crippen molar-refractivity contribution >= 4 is 23.6 Å². The Hall–Kier alpha value is -2.12. The number of esters is 1. The van der Waals surface area contributed by atoms with Crippen LogP contribution in [0.3, 0.4) is 0 Å². The van der Waals surface area contributed by atoms with Gasteiger partial charge in [-0.2, -0.15) is 0 Å². The molecular weight excluding hydrogens is 327 g/mol. The Bertz CT molecular complexity index is 618. The summed E-state index contributed by atoms with van der Waals surface area (Å²) in [5.74, 6) is -2.31. The fraction of sp³-hybridized carbons (Fsp3) is 0.333. The van der Waals surface area contributed by atoms with Crippen molar-refractivity contribution in [2.24, 2.45) is 5.92 Å². The number of hydrogen-bond donors (Lipinski definition) is 2. The maximum atomic E-state index is 14.2. The van der Waals surface area contributed by atoms with Crippen LogP contribution in [-0.2, 0) is 14.3 Å².